The van der Waals surface area contributed by atoms with Crippen LogP contribution in [0.25, 0.3) is 21.9 Å². The molecule has 1 aromatic heterocycles. The highest BCUT2D eigenvalue weighted by molar-refractivity contribution is 6.10. The van der Waals surface area contributed by atoms with Crippen LogP contribution in [0.5, 0.6) is 5.75 Å². The second kappa shape index (κ2) is 10.3. The number of hydrogen-bond donors (Lipinski definition) is 0. The number of ether oxygens (including phenoxy) is 1. The molecule has 0 saturated carbocycles. The number of rotatable bonds is 8. The van der Waals surface area contributed by atoms with Crippen LogP contribution in [0.2, 0.25) is 0 Å². The summed E-state index contributed by atoms with van der Waals surface area (Å²) in [7, 11) is 1.57. The number of hydrogen-bond acceptors (Lipinski definition) is 5. The van der Waals surface area contributed by atoms with Gasteiger partial charge < -0.3 is 9.15 Å². The molecule has 0 atom stereocenters. The monoisotopic (exact) mass is 485 g/mol. The number of nitrogens with zero attached hydrogens (tertiary/aromatic N) is 1. The van der Waals surface area contributed by atoms with Crippen molar-refractivity contribution in [2.45, 2.75) is 66.2 Å². The molecule has 1 heterocycles. The summed E-state index contributed by atoms with van der Waals surface area (Å²) in [6.07, 6.45) is 4.93. The first-order valence-electron chi connectivity index (χ1n) is 12.9. The Morgan fingerprint density at radius 3 is 2.28 bits per heavy atom. The van der Waals surface area contributed by atoms with Gasteiger partial charge in [0.05, 0.1) is 24.3 Å². The number of Topliss-reactive ketones (excluding diaryl/α,β-unsaturated/α-hetero) is 1. The van der Waals surface area contributed by atoms with Gasteiger partial charge in [-0.2, -0.15) is 5.26 Å². The minimum absolute atomic E-state index is 0.0120. The Morgan fingerprint density at radius 2 is 1.67 bits per heavy atom. The van der Waals surface area contributed by atoms with Gasteiger partial charge in [-0.15, -0.1) is 0 Å². The lowest BCUT2D eigenvalue weighted by molar-refractivity contribution is 0.0814. The molecule has 188 valence electrons. The minimum atomic E-state index is -0.476. The molecule has 0 saturated heterocycles. The number of carbonyl (C=O) groups is 1. The van der Waals surface area contributed by atoms with Crippen LogP contribution in [0.15, 0.2) is 45.6 Å². The van der Waals surface area contributed by atoms with Crippen LogP contribution in [0.4, 0.5) is 0 Å². The van der Waals surface area contributed by atoms with Gasteiger partial charge in [0, 0.05) is 35.4 Å². The van der Waals surface area contributed by atoms with Gasteiger partial charge in [-0.05, 0) is 53.7 Å². The van der Waals surface area contributed by atoms with Gasteiger partial charge in [0.15, 0.2) is 5.78 Å². The van der Waals surface area contributed by atoms with Crippen molar-refractivity contribution in [1.82, 2.24) is 0 Å². The third-order valence-electron chi connectivity index (χ3n) is 7.52. The van der Waals surface area contributed by atoms with E-state index in [1.54, 1.807) is 19.2 Å². The van der Waals surface area contributed by atoms with Crippen molar-refractivity contribution >= 4 is 16.6 Å². The molecule has 0 N–H and O–H groups in total. The van der Waals surface area contributed by atoms with E-state index in [0.717, 1.165) is 36.5 Å². The fourth-order valence-corrected chi connectivity index (χ4v) is 5.55. The molecule has 4 rings (SSSR count). The first-order valence-corrected chi connectivity index (χ1v) is 12.9. The van der Waals surface area contributed by atoms with Crippen molar-refractivity contribution in [2.24, 2.45) is 17.3 Å². The molecule has 0 spiro atoms. The Balaban J connectivity index is 1.93. The maximum absolute atomic E-state index is 13.9. The normalized spacial score (nSPS) is 14.8. The van der Waals surface area contributed by atoms with Crippen LogP contribution < -0.4 is 10.4 Å². The van der Waals surface area contributed by atoms with Crippen LogP contribution in [0, 0.1) is 28.6 Å². The molecule has 2 aromatic carbocycles. The average Bonchev–Trinajstić information content (AvgIpc) is 2.84. The van der Waals surface area contributed by atoms with E-state index in [0.29, 0.717) is 58.4 Å². The first kappa shape index (κ1) is 25.7. The Kier molecular flexibility index (Phi) is 7.36. The summed E-state index contributed by atoms with van der Waals surface area (Å²) >= 11 is 0. The van der Waals surface area contributed by atoms with Crippen molar-refractivity contribution in [3.63, 3.8) is 0 Å². The van der Waals surface area contributed by atoms with Crippen LogP contribution in [0.3, 0.4) is 0 Å². The molecule has 5 heteroatoms. The largest absolute Gasteiger partial charge is 0.496 e. The van der Waals surface area contributed by atoms with E-state index in [-0.39, 0.29) is 11.2 Å². The lowest BCUT2D eigenvalue weighted by Gasteiger charge is -2.38. The van der Waals surface area contributed by atoms with Gasteiger partial charge in [-0.25, -0.2) is 4.79 Å². The fraction of sp³-hybridized carbons (Fsp3) is 0.452. The third-order valence-corrected chi connectivity index (χ3v) is 7.52. The summed E-state index contributed by atoms with van der Waals surface area (Å²) < 4.78 is 11.5. The second-order valence-corrected chi connectivity index (χ2v) is 11.1. The number of ketones is 1. The van der Waals surface area contributed by atoms with Gasteiger partial charge in [0.25, 0.3) is 0 Å². The summed E-state index contributed by atoms with van der Waals surface area (Å²) in [6, 6.07) is 12.8. The summed E-state index contributed by atoms with van der Waals surface area (Å²) in [6.45, 7) is 8.81. The molecule has 1 aliphatic rings. The molecular weight excluding hydrogens is 450 g/mol. The van der Waals surface area contributed by atoms with E-state index in [9.17, 15) is 14.9 Å². The van der Waals surface area contributed by atoms with Gasteiger partial charge in [0.2, 0.25) is 0 Å². The maximum Gasteiger partial charge on any atom is 0.336 e. The second-order valence-electron chi connectivity index (χ2n) is 11.1. The predicted octanol–water partition coefficient (Wildman–Crippen LogP) is 7.33. The zero-order valence-corrected chi connectivity index (χ0v) is 21.9. The van der Waals surface area contributed by atoms with Crippen molar-refractivity contribution in [3.05, 3.63) is 63.7 Å². The average molecular weight is 486 g/mol. The quantitative estimate of drug-likeness (QED) is 0.334. The predicted molar refractivity (Wildman–Crippen MR) is 142 cm³/mol. The molecule has 0 unspecified atom stereocenters. The van der Waals surface area contributed by atoms with E-state index in [1.807, 2.05) is 18.2 Å². The first-order chi connectivity index (χ1) is 17.2. The summed E-state index contributed by atoms with van der Waals surface area (Å²) in [4.78, 5) is 26.8. The number of benzene rings is 2. The number of methoxy groups -OCH3 is 1. The minimum Gasteiger partial charge on any atom is -0.496 e. The van der Waals surface area contributed by atoms with Crippen LogP contribution >= 0.6 is 0 Å². The Hall–Kier alpha value is -3.39. The molecule has 0 radical (unpaired) electrons. The van der Waals surface area contributed by atoms with Crippen LogP contribution in [0.1, 0.15) is 81.5 Å². The van der Waals surface area contributed by atoms with E-state index >= 15 is 0 Å². The van der Waals surface area contributed by atoms with Crippen molar-refractivity contribution in [1.29, 1.82) is 5.26 Å². The SMILES string of the molecule is COc1ccc2c(C#N)cccc2c1-c1cc(=O)oc2c1C(=O)CC(CCC(C)C)(CCC(C)C)C2. The molecule has 3 aromatic rings. The fourth-order valence-electron chi connectivity index (χ4n) is 5.55. The van der Waals surface area contributed by atoms with Gasteiger partial charge >= 0.3 is 5.63 Å². The van der Waals surface area contributed by atoms with Crippen molar-refractivity contribution < 1.29 is 13.9 Å². The summed E-state index contributed by atoms with van der Waals surface area (Å²) in [5, 5.41) is 11.2. The molecule has 1 aliphatic carbocycles. The zero-order valence-electron chi connectivity index (χ0n) is 21.9. The van der Waals surface area contributed by atoms with E-state index in [1.165, 1.54) is 6.07 Å². The van der Waals surface area contributed by atoms with E-state index in [2.05, 4.69) is 33.8 Å². The Bertz CT molecular complexity index is 1380. The lowest BCUT2D eigenvalue weighted by Crippen LogP contribution is -2.34. The highest BCUT2D eigenvalue weighted by atomic mass is 16.5. The summed E-state index contributed by atoms with van der Waals surface area (Å²) in [5.41, 5.74) is 1.51. The molecule has 0 bridgehead atoms. The Morgan fingerprint density at radius 1 is 0.972 bits per heavy atom. The van der Waals surface area contributed by atoms with Gasteiger partial charge in [0.1, 0.15) is 11.5 Å². The lowest BCUT2D eigenvalue weighted by atomic mass is 9.65. The van der Waals surface area contributed by atoms with Gasteiger partial charge in [-0.1, -0.05) is 52.7 Å². The van der Waals surface area contributed by atoms with Crippen LogP contribution in [-0.2, 0) is 6.42 Å². The molecule has 5 nitrogen and oxygen atoms in total. The molecule has 36 heavy (non-hydrogen) atoms. The molecular formula is C31H35NO4. The van der Waals surface area contributed by atoms with Crippen LogP contribution in [-0.4, -0.2) is 12.9 Å². The highest BCUT2D eigenvalue weighted by Gasteiger charge is 2.41. The van der Waals surface area contributed by atoms with Crippen molar-refractivity contribution in [3.8, 4) is 22.9 Å². The summed E-state index contributed by atoms with van der Waals surface area (Å²) in [5.74, 6) is 2.11. The standard InChI is InChI=1S/C31H35NO4/c1-19(2)11-13-31(14-12-20(3)4)16-25(33)30-24(15-28(34)36-27(30)17-31)29-23-8-6-7-21(18-32)22(23)9-10-26(29)35-5/h6-10,15,19-20H,11-14,16-17H2,1-5H3. The molecule has 0 amide bonds. The number of carbonyl (C=O) groups excluding carboxylic acids is 1. The smallest absolute Gasteiger partial charge is 0.336 e. The molecule has 0 fully saturated rings. The highest BCUT2D eigenvalue weighted by Crippen LogP contribution is 2.48. The van der Waals surface area contributed by atoms with Crippen molar-refractivity contribution in [2.75, 3.05) is 7.11 Å². The third kappa shape index (κ3) is 4.95. The maximum atomic E-state index is 13.9. The number of fused-ring (bicyclic) bond motifs is 2. The van der Waals surface area contributed by atoms with E-state index in [4.69, 9.17) is 9.15 Å². The Labute approximate surface area is 213 Å². The van der Waals surface area contributed by atoms with E-state index < -0.39 is 5.63 Å². The zero-order chi connectivity index (χ0) is 26.0. The topological polar surface area (TPSA) is 80.3 Å². The number of nitriles is 1. The molecule has 0 aliphatic heterocycles. The van der Waals surface area contributed by atoms with Gasteiger partial charge in [-0.3, -0.25) is 4.79 Å².